The number of nitrogens with zero attached hydrogens (tertiary/aromatic N) is 1. The minimum atomic E-state index is 0.481. The molecule has 0 saturated carbocycles. The second-order valence-corrected chi connectivity index (χ2v) is 8.78. The van der Waals surface area contributed by atoms with E-state index in [9.17, 15) is 0 Å². The number of hydrogen-bond acceptors (Lipinski definition) is 4. The molecule has 134 valence electrons. The quantitative estimate of drug-likeness (QED) is 0.797. The van der Waals surface area contributed by atoms with Crippen LogP contribution in [-0.4, -0.2) is 25.7 Å². The highest BCUT2D eigenvalue weighted by atomic mass is 32.1. The van der Waals surface area contributed by atoms with Gasteiger partial charge in [0.05, 0.1) is 14.2 Å². The van der Waals surface area contributed by atoms with Gasteiger partial charge in [-0.15, -0.1) is 11.3 Å². The van der Waals surface area contributed by atoms with Crippen molar-refractivity contribution >= 4 is 11.3 Å². The van der Waals surface area contributed by atoms with Gasteiger partial charge in [-0.2, -0.15) is 0 Å². The highest BCUT2D eigenvalue weighted by molar-refractivity contribution is 7.12. The Hall–Kier alpha value is -1.52. The predicted octanol–water partition coefficient (Wildman–Crippen LogP) is 4.62. The molecule has 0 N–H and O–H groups in total. The summed E-state index contributed by atoms with van der Waals surface area (Å²) in [6.07, 6.45) is 3.38. The molecule has 3 nitrogen and oxygen atoms in total. The standard InChI is InChI=1S/C21H27NO2S/c1-13(2)9-14-10-16-18-11-15-17(12-22(18)8-7-21(16)25-14)20(24-4)6-5-19(15)23-3/h5-6,10,13,18H,7-9,11-12H2,1-4H3. The molecule has 0 radical (unpaired) electrons. The van der Waals surface area contributed by atoms with Gasteiger partial charge in [0, 0.05) is 40.0 Å². The third-order valence-electron chi connectivity index (χ3n) is 5.47. The van der Waals surface area contributed by atoms with E-state index < -0.39 is 0 Å². The Morgan fingerprint density at radius 3 is 2.56 bits per heavy atom. The van der Waals surface area contributed by atoms with Crippen molar-refractivity contribution in [1.82, 2.24) is 4.90 Å². The van der Waals surface area contributed by atoms with Crippen molar-refractivity contribution in [2.75, 3.05) is 20.8 Å². The van der Waals surface area contributed by atoms with E-state index >= 15 is 0 Å². The fraction of sp³-hybridized carbons (Fsp3) is 0.524. The molecule has 2 aromatic rings. The third-order valence-corrected chi connectivity index (χ3v) is 6.70. The van der Waals surface area contributed by atoms with Crippen LogP contribution >= 0.6 is 11.3 Å². The van der Waals surface area contributed by atoms with E-state index in [1.807, 2.05) is 17.4 Å². The van der Waals surface area contributed by atoms with Crippen molar-refractivity contribution < 1.29 is 9.47 Å². The van der Waals surface area contributed by atoms with Gasteiger partial charge in [0.15, 0.2) is 0 Å². The van der Waals surface area contributed by atoms with Gasteiger partial charge in [-0.1, -0.05) is 13.8 Å². The summed E-state index contributed by atoms with van der Waals surface area (Å²) < 4.78 is 11.3. The Kier molecular flexibility index (Phi) is 4.50. The first-order valence-electron chi connectivity index (χ1n) is 9.19. The fourth-order valence-electron chi connectivity index (χ4n) is 4.33. The van der Waals surface area contributed by atoms with Gasteiger partial charge in [0.2, 0.25) is 0 Å². The van der Waals surface area contributed by atoms with Crippen molar-refractivity contribution in [3.05, 3.63) is 44.6 Å². The van der Waals surface area contributed by atoms with Crippen LogP contribution in [0.25, 0.3) is 0 Å². The highest BCUT2D eigenvalue weighted by Gasteiger charge is 2.35. The monoisotopic (exact) mass is 357 g/mol. The average molecular weight is 358 g/mol. The number of ether oxygens (including phenoxy) is 2. The molecule has 0 spiro atoms. The van der Waals surface area contributed by atoms with Crippen LogP contribution in [0.15, 0.2) is 18.2 Å². The van der Waals surface area contributed by atoms with E-state index in [1.54, 1.807) is 29.5 Å². The number of benzene rings is 1. The van der Waals surface area contributed by atoms with Crippen LogP contribution in [0.3, 0.4) is 0 Å². The second-order valence-electron chi connectivity index (χ2n) is 7.56. The lowest BCUT2D eigenvalue weighted by Crippen LogP contribution is -2.39. The zero-order chi connectivity index (χ0) is 17.6. The first kappa shape index (κ1) is 16.9. The zero-order valence-electron chi connectivity index (χ0n) is 15.6. The van der Waals surface area contributed by atoms with Crippen LogP contribution in [0, 0.1) is 5.92 Å². The summed E-state index contributed by atoms with van der Waals surface area (Å²) in [7, 11) is 3.53. The second kappa shape index (κ2) is 6.65. The molecule has 4 rings (SSSR count). The number of hydrogen-bond donors (Lipinski definition) is 0. The van der Waals surface area contributed by atoms with Crippen LogP contribution < -0.4 is 9.47 Å². The first-order chi connectivity index (χ1) is 12.1. The maximum atomic E-state index is 5.67. The molecule has 25 heavy (non-hydrogen) atoms. The van der Waals surface area contributed by atoms with Gasteiger partial charge in [-0.25, -0.2) is 0 Å². The summed E-state index contributed by atoms with van der Waals surface area (Å²) in [5, 5.41) is 0. The van der Waals surface area contributed by atoms with Gasteiger partial charge >= 0.3 is 0 Å². The third kappa shape index (κ3) is 2.96. The Morgan fingerprint density at radius 1 is 1.16 bits per heavy atom. The molecule has 0 saturated heterocycles. The number of methoxy groups -OCH3 is 2. The largest absolute Gasteiger partial charge is 0.496 e. The van der Waals surface area contributed by atoms with Crippen molar-refractivity contribution in [3.8, 4) is 11.5 Å². The van der Waals surface area contributed by atoms with Gasteiger partial charge < -0.3 is 9.47 Å². The molecule has 0 aliphatic carbocycles. The molecule has 3 heterocycles. The molecule has 1 aromatic carbocycles. The summed E-state index contributed by atoms with van der Waals surface area (Å²) in [6, 6.07) is 7.05. The van der Waals surface area contributed by atoms with E-state index in [0.717, 1.165) is 31.0 Å². The summed E-state index contributed by atoms with van der Waals surface area (Å²) in [5.74, 6) is 2.71. The van der Waals surface area contributed by atoms with E-state index in [0.29, 0.717) is 12.0 Å². The van der Waals surface area contributed by atoms with Gasteiger partial charge in [-0.05, 0) is 48.9 Å². The van der Waals surface area contributed by atoms with E-state index in [1.165, 1.54) is 24.0 Å². The molecule has 0 bridgehead atoms. The fourth-order valence-corrected chi connectivity index (χ4v) is 5.76. The van der Waals surface area contributed by atoms with Gasteiger partial charge in [0.1, 0.15) is 11.5 Å². The minimum Gasteiger partial charge on any atom is -0.496 e. The van der Waals surface area contributed by atoms with Crippen LogP contribution in [0.4, 0.5) is 0 Å². The summed E-state index contributed by atoms with van der Waals surface area (Å²) >= 11 is 2.04. The lowest BCUT2D eigenvalue weighted by atomic mass is 9.86. The molecule has 1 aromatic heterocycles. The van der Waals surface area contributed by atoms with Gasteiger partial charge in [-0.3, -0.25) is 4.90 Å². The average Bonchev–Trinajstić information content (AvgIpc) is 3.01. The number of rotatable bonds is 4. The molecule has 0 amide bonds. The lowest BCUT2D eigenvalue weighted by Gasteiger charge is -2.41. The molecule has 1 unspecified atom stereocenters. The Balaban J connectivity index is 1.72. The summed E-state index contributed by atoms with van der Waals surface area (Å²) in [6.45, 7) is 6.70. The van der Waals surface area contributed by atoms with Crippen LogP contribution in [-0.2, 0) is 25.8 Å². The molecular formula is C21H27NO2S. The Bertz CT molecular complexity index is 780. The number of thiophene rings is 1. The van der Waals surface area contributed by atoms with E-state index in [2.05, 4.69) is 30.9 Å². The van der Waals surface area contributed by atoms with Gasteiger partial charge in [0.25, 0.3) is 0 Å². The molecule has 1 atom stereocenters. The van der Waals surface area contributed by atoms with Crippen molar-refractivity contribution in [2.24, 2.45) is 5.92 Å². The lowest BCUT2D eigenvalue weighted by molar-refractivity contribution is 0.158. The van der Waals surface area contributed by atoms with Crippen molar-refractivity contribution in [2.45, 2.75) is 45.7 Å². The normalized spacial score (nSPS) is 19.3. The van der Waals surface area contributed by atoms with Crippen molar-refractivity contribution in [3.63, 3.8) is 0 Å². The molecule has 4 heteroatoms. The molecule has 2 aliphatic rings. The molecule has 0 fully saturated rings. The summed E-state index contributed by atoms with van der Waals surface area (Å²) in [5.41, 5.74) is 4.19. The highest BCUT2D eigenvalue weighted by Crippen LogP contribution is 2.45. The topological polar surface area (TPSA) is 21.7 Å². The maximum Gasteiger partial charge on any atom is 0.123 e. The Labute approximate surface area is 154 Å². The SMILES string of the molecule is COc1ccc(OC)c2c1CC1c3cc(CC(C)C)sc3CCN1C2. The maximum absolute atomic E-state index is 5.67. The van der Waals surface area contributed by atoms with Crippen molar-refractivity contribution in [1.29, 1.82) is 0 Å². The smallest absolute Gasteiger partial charge is 0.123 e. The van der Waals surface area contributed by atoms with Crippen LogP contribution in [0.1, 0.15) is 46.3 Å². The van der Waals surface area contributed by atoms with E-state index in [-0.39, 0.29) is 0 Å². The molecular weight excluding hydrogens is 330 g/mol. The molecule has 2 aliphatic heterocycles. The van der Waals surface area contributed by atoms with E-state index in [4.69, 9.17) is 9.47 Å². The summed E-state index contributed by atoms with van der Waals surface area (Å²) in [4.78, 5) is 5.77. The zero-order valence-corrected chi connectivity index (χ0v) is 16.4. The number of fused-ring (bicyclic) bond motifs is 4. The first-order valence-corrected chi connectivity index (χ1v) is 10.0. The Morgan fingerprint density at radius 2 is 1.88 bits per heavy atom. The van der Waals surface area contributed by atoms with Crippen LogP contribution in [0.5, 0.6) is 11.5 Å². The minimum absolute atomic E-state index is 0.481. The van der Waals surface area contributed by atoms with Crippen LogP contribution in [0.2, 0.25) is 0 Å². The predicted molar refractivity (Wildman–Crippen MR) is 103 cm³/mol.